The Morgan fingerprint density at radius 2 is 2.20 bits per heavy atom. The van der Waals surface area contributed by atoms with Crippen molar-refractivity contribution in [1.82, 2.24) is 10.2 Å². The zero-order chi connectivity index (χ0) is 14.7. The first kappa shape index (κ1) is 14.3. The van der Waals surface area contributed by atoms with Crippen LogP contribution in [-0.4, -0.2) is 49.6 Å². The van der Waals surface area contributed by atoms with Gasteiger partial charge in [-0.1, -0.05) is 0 Å². The van der Waals surface area contributed by atoms with Crippen LogP contribution < -0.4 is 11.1 Å². The summed E-state index contributed by atoms with van der Waals surface area (Å²) in [4.78, 5) is 26.0. The molecule has 1 aromatic rings. The third kappa shape index (κ3) is 2.75. The van der Waals surface area contributed by atoms with Crippen LogP contribution in [0.3, 0.4) is 0 Å². The molecule has 1 saturated heterocycles. The number of likely N-dealkylation sites (N-methyl/N-ethyl adjacent to an activating group) is 1. The van der Waals surface area contributed by atoms with Gasteiger partial charge in [0.15, 0.2) is 0 Å². The number of carbonyl (C=O) groups excluding carboxylic acids is 2. The number of aryl methyl sites for hydroxylation is 1. The van der Waals surface area contributed by atoms with Gasteiger partial charge >= 0.3 is 0 Å². The third-order valence-corrected chi connectivity index (χ3v) is 3.42. The molecule has 3 N–H and O–H groups in total. The Morgan fingerprint density at radius 1 is 1.45 bits per heavy atom. The van der Waals surface area contributed by atoms with Crippen LogP contribution in [0.5, 0.6) is 0 Å². The van der Waals surface area contributed by atoms with Crippen molar-refractivity contribution in [2.75, 3.05) is 32.5 Å². The lowest BCUT2D eigenvalue weighted by molar-refractivity contribution is -0.130. The number of hydrogen-bond acceptors (Lipinski definition) is 4. The Kier molecular flexibility index (Phi) is 4.24. The van der Waals surface area contributed by atoms with Crippen molar-refractivity contribution in [1.29, 1.82) is 0 Å². The van der Waals surface area contributed by atoms with E-state index in [1.807, 2.05) is 6.92 Å². The van der Waals surface area contributed by atoms with Crippen LogP contribution in [0.2, 0.25) is 0 Å². The SMILES string of the molecule is CNC(=O)C1COCCN1C(=O)c1ccc(N)cc1C. The largest absolute Gasteiger partial charge is 0.399 e. The van der Waals surface area contributed by atoms with Crippen LogP contribution in [0.25, 0.3) is 0 Å². The van der Waals surface area contributed by atoms with E-state index >= 15 is 0 Å². The predicted octanol–water partition coefficient (Wildman–Crippen LogP) is 0.164. The van der Waals surface area contributed by atoms with Crippen LogP contribution in [0.15, 0.2) is 18.2 Å². The van der Waals surface area contributed by atoms with E-state index in [2.05, 4.69) is 5.32 Å². The molecular formula is C14H19N3O3. The summed E-state index contributed by atoms with van der Waals surface area (Å²) in [6.45, 7) is 2.90. The number of anilines is 1. The molecule has 6 nitrogen and oxygen atoms in total. The second-order valence-electron chi connectivity index (χ2n) is 4.78. The molecule has 2 amide bonds. The monoisotopic (exact) mass is 277 g/mol. The molecule has 0 radical (unpaired) electrons. The lowest BCUT2D eigenvalue weighted by Gasteiger charge is -2.34. The minimum Gasteiger partial charge on any atom is -0.399 e. The minimum atomic E-state index is -0.585. The van der Waals surface area contributed by atoms with Crippen molar-refractivity contribution in [2.45, 2.75) is 13.0 Å². The number of amides is 2. The minimum absolute atomic E-state index is 0.167. The molecule has 108 valence electrons. The highest BCUT2D eigenvalue weighted by molar-refractivity contribution is 5.99. The average Bonchev–Trinajstić information content (AvgIpc) is 2.46. The highest BCUT2D eigenvalue weighted by atomic mass is 16.5. The second kappa shape index (κ2) is 5.92. The van der Waals surface area contributed by atoms with Crippen molar-refractivity contribution in [2.24, 2.45) is 0 Å². The van der Waals surface area contributed by atoms with E-state index in [0.717, 1.165) is 5.56 Å². The topological polar surface area (TPSA) is 84.7 Å². The van der Waals surface area contributed by atoms with E-state index in [1.54, 1.807) is 30.1 Å². The number of ether oxygens (including phenoxy) is 1. The molecule has 1 aromatic carbocycles. The molecule has 1 aliphatic rings. The third-order valence-electron chi connectivity index (χ3n) is 3.42. The van der Waals surface area contributed by atoms with Crippen LogP contribution in [0.4, 0.5) is 5.69 Å². The second-order valence-corrected chi connectivity index (χ2v) is 4.78. The maximum Gasteiger partial charge on any atom is 0.254 e. The van der Waals surface area contributed by atoms with Gasteiger partial charge in [-0.25, -0.2) is 0 Å². The van der Waals surface area contributed by atoms with Crippen molar-refractivity contribution >= 4 is 17.5 Å². The zero-order valence-electron chi connectivity index (χ0n) is 11.7. The standard InChI is InChI=1S/C14H19N3O3/c1-9-7-10(15)3-4-11(9)14(19)17-5-6-20-8-12(17)13(18)16-2/h3-4,7,12H,5-6,8,15H2,1-2H3,(H,16,18). The number of carbonyl (C=O) groups is 2. The Hall–Kier alpha value is -2.08. The van der Waals surface area contributed by atoms with E-state index in [9.17, 15) is 9.59 Å². The molecule has 1 aliphatic heterocycles. The van der Waals surface area contributed by atoms with Crippen LogP contribution in [0.1, 0.15) is 15.9 Å². The van der Waals surface area contributed by atoms with Crippen LogP contribution in [0, 0.1) is 6.92 Å². The quantitative estimate of drug-likeness (QED) is 0.754. The highest BCUT2D eigenvalue weighted by Gasteiger charge is 2.33. The normalized spacial score (nSPS) is 18.7. The number of rotatable bonds is 2. The molecule has 1 fully saturated rings. The highest BCUT2D eigenvalue weighted by Crippen LogP contribution is 2.18. The number of benzene rings is 1. The van der Waals surface area contributed by atoms with Gasteiger partial charge in [0.1, 0.15) is 6.04 Å². The summed E-state index contributed by atoms with van der Waals surface area (Å²) in [6.07, 6.45) is 0. The van der Waals surface area contributed by atoms with E-state index in [0.29, 0.717) is 24.4 Å². The van der Waals surface area contributed by atoms with E-state index in [1.165, 1.54) is 0 Å². The van der Waals surface area contributed by atoms with Crippen molar-refractivity contribution in [3.8, 4) is 0 Å². The lowest BCUT2D eigenvalue weighted by atomic mass is 10.0. The summed E-state index contributed by atoms with van der Waals surface area (Å²) in [6, 6.07) is 4.56. The van der Waals surface area contributed by atoms with Crippen molar-refractivity contribution < 1.29 is 14.3 Å². The van der Waals surface area contributed by atoms with Gasteiger partial charge in [-0.05, 0) is 30.7 Å². The van der Waals surface area contributed by atoms with Gasteiger partial charge in [0.25, 0.3) is 5.91 Å². The maximum atomic E-state index is 12.6. The first-order valence-electron chi connectivity index (χ1n) is 6.51. The van der Waals surface area contributed by atoms with Gasteiger partial charge in [-0.15, -0.1) is 0 Å². The Labute approximate surface area is 117 Å². The van der Waals surface area contributed by atoms with E-state index in [4.69, 9.17) is 10.5 Å². The predicted molar refractivity (Wildman–Crippen MR) is 75.3 cm³/mol. The number of nitrogens with two attached hydrogens (primary N) is 1. The fourth-order valence-corrected chi connectivity index (χ4v) is 2.31. The molecule has 1 heterocycles. The fourth-order valence-electron chi connectivity index (χ4n) is 2.31. The van der Waals surface area contributed by atoms with Gasteiger partial charge in [-0.2, -0.15) is 0 Å². The molecular weight excluding hydrogens is 258 g/mol. The molecule has 1 unspecified atom stereocenters. The van der Waals surface area contributed by atoms with Gasteiger partial charge in [0.2, 0.25) is 5.91 Å². The number of morpholine rings is 1. The first-order valence-corrected chi connectivity index (χ1v) is 6.51. The first-order chi connectivity index (χ1) is 9.54. The number of nitrogen functional groups attached to an aromatic ring is 1. The van der Waals surface area contributed by atoms with Crippen molar-refractivity contribution in [3.05, 3.63) is 29.3 Å². The molecule has 0 spiro atoms. The Balaban J connectivity index is 2.27. The van der Waals surface area contributed by atoms with Gasteiger partial charge in [-0.3, -0.25) is 9.59 Å². The van der Waals surface area contributed by atoms with Crippen LogP contribution in [-0.2, 0) is 9.53 Å². The summed E-state index contributed by atoms with van der Waals surface area (Å²) in [5.41, 5.74) is 7.68. The Morgan fingerprint density at radius 3 is 2.85 bits per heavy atom. The average molecular weight is 277 g/mol. The molecule has 0 aromatic heterocycles. The van der Waals surface area contributed by atoms with Gasteiger partial charge < -0.3 is 20.7 Å². The molecule has 2 rings (SSSR count). The Bertz CT molecular complexity index is 530. The number of nitrogens with one attached hydrogen (secondary N) is 1. The smallest absolute Gasteiger partial charge is 0.254 e. The van der Waals surface area contributed by atoms with Gasteiger partial charge in [0, 0.05) is 24.8 Å². The van der Waals surface area contributed by atoms with Crippen LogP contribution >= 0.6 is 0 Å². The summed E-state index contributed by atoms with van der Waals surface area (Å²) in [5.74, 6) is -0.384. The molecule has 20 heavy (non-hydrogen) atoms. The van der Waals surface area contributed by atoms with E-state index < -0.39 is 6.04 Å². The maximum absolute atomic E-state index is 12.6. The summed E-state index contributed by atoms with van der Waals surface area (Å²) < 4.78 is 5.30. The lowest BCUT2D eigenvalue weighted by Crippen LogP contribution is -2.55. The number of hydrogen-bond donors (Lipinski definition) is 2. The van der Waals surface area contributed by atoms with E-state index in [-0.39, 0.29) is 18.4 Å². The summed E-state index contributed by atoms with van der Waals surface area (Å²) in [7, 11) is 1.55. The molecule has 6 heteroatoms. The number of nitrogens with zero attached hydrogens (tertiary/aromatic N) is 1. The molecule has 1 atom stereocenters. The molecule has 0 aliphatic carbocycles. The fraction of sp³-hybridized carbons (Fsp3) is 0.429. The summed E-state index contributed by atoms with van der Waals surface area (Å²) >= 11 is 0. The molecule has 0 bridgehead atoms. The zero-order valence-corrected chi connectivity index (χ0v) is 11.7. The van der Waals surface area contributed by atoms with Crippen molar-refractivity contribution in [3.63, 3.8) is 0 Å². The van der Waals surface area contributed by atoms with Gasteiger partial charge in [0.05, 0.1) is 13.2 Å². The summed E-state index contributed by atoms with van der Waals surface area (Å²) in [5, 5.41) is 2.56. The molecule has 0 saturated carbocycles.